The molecule has 1 aromatic heterocycles. The highest BCUT2D eigenvalue weighted by Gasteiger charge is 2.42. The van der Waals surface area contributed by atoms with Crippen molar-refractivity contribution in [2.75, 3.05) is 39.6 Å². The van der Waals surface area contributed by atoms with Crippen molar-refractivity contribution in [3.8, 4) is 5.75 Å². The predicted octanol–water partition coefficient (Wildman–Crippen LogP) is 3.27. The monoisotopic (exact) mass is 488 g/mol. The van der Waals surface area contributed by atoms with Gasteiger partial charge in [-0.15, -0.1) is 0 Å². The van der Waals surface area contributed by atoms with Crippen molar-refractivity contribution < 1.29 is 14.2 Å². The third-order valence-electron chi connectivity index (χ3n) is 6.59. The number of aromatic nitrogens is 2. The van der Waals surface area contributed by atoms with E-state index in [-0.39, 0.29) is 10.7 Å². The Morgan fingerprint density at radius 1 is 1.35 bits per heavy atom. The van der Waals surface area contributed by atoms with Gasteiger partial charge in [0.2, 0.25) is 0 Å². The molecule has 1 fully saturated rings. The number of halogens is 2. The first-order valence-corrected chi connectivity index (χ1v) is 11.6. The molecule has 0 amide bonds. The van der Waals surface area contributed by atoms with Gasteiger partial charge in [-0.25, -0.2) is 14.4 Å². The van der Waals surface area contributed by atoms with E-state index in [2.05, 4.69) is 30.8 Å². The zero-order valence-electron chi connectivity index (χ0n) is 19.5. The van der Waals surface area contributed by atoms with Crippen LogP contribution < -0.4 is 20.7 Å². The number of benzene rings is 2. The quantitative estimate of drug-likeness (QED) is 0.359. The number of aliphatic hydroxyl groups excluding tert-OH is 1. The maximum Gasteiger partial charge on any atom is 0.165 e. The zero-order chi connectivity index (χ0) is 24.3. The smallest absolute Gasteiger partial charge is 0.165 e. The molecule has 4 rings (SSSR count). The van der Waals surface area contributed by atoms with E-state index in [9.17, 15) is 9.50 Å². The highest BCUT2D eigenvalue weighted by Crippen LogP contribution is 2.34. The molecule has 8 nitrogen and oxygen atoms in total. The summed E-state index contributed by atoms with van der Waals surface area (Å²) in [4.78, 5) is 10.9. The van der Waals surface area contributed by atoms with Gasteiger partial charge in [0.05, 0.1) is 28.9 Å². The first-order chi connectivity index (χ1) is 16.4. The molecule has 2 unspecified atom stereocenters. The number of methoxy groups -OCH3 is 1. The third kappa shape index (κ3) is 4.67. The van der Waals surface area contributed by atoms with Crippen molar-refractivity contribution in [2.45, 2.75) is 31.2 Å². The van der Waals surface area contributed by atoms with Gasteiger partial charge in [0.25, 0.3) is 0 Å². The summed E-state index contributed by atoms with van der Waals surface area (Å²) in [5.74, 6) is 0.593. The van der Waals surface area contributed by atoms with E-state index < -0.39 is 17.6 Å². The molecule has 4 N–H and O–H groups in total. The molecular weight excluding hydrogens is 459 g/mol. The molecule has 0 spiro atoms. The van der Waals surface area contributed by atoms with Crippen molar-refractivity contribution >= 4 is 34.0 Å². The van der Waals surface area contributed by atoms with Crippen LogP contribution in [0.3, 0.4) is 0 Å². The van der Waals surface area contributed by atoms with Gasteiger partial charge in [-0.3, -0.25) is 10.2 Å². The van der Waals surface area contributed by atoms with Gasteiger partial charge >= 0.3 is 0 Å². The number of piperidine rings is 1. The maximum atomic E-state index is 14.5. The summed E-state index contributed by atoms with van der Waals surface area (Å²) in [6, 6.07) is 8.57. The number of ether oxygens (including phenoxy) is 1. The maximum absolute atomic E-state index is 14.5. The molecule has 182 valence electrons. The molecule has 0 radical (unpaired) electrons. The number of hydrogen-bond acceptors (Lipinski definition) is 8. The van der Waals surface area contributed by atoms with Gasteiger partial charge in [-0.2, -0.15) is 0 Å². The highest BCUT2D eigenvalue weighted by atomic mass is 35.5. The van der Waals surface area contributed by atoms with Crippen LogP contribution in [0.25, 0.3) is 10.9 Å². The molecule has 0 saturated carbocycles. The lowest BCUT2D eigenvalue weighted by Crippen LogP contribution is -2.66. The van der Waals surface area contributed by atoms with Crippen molar-refractivity contribution in [3.63, 3.8) is 0 Å². The van der Waals surface area contributed by atoms with Crippen molar-refractivity contribution in [1.29, 1.82) is 0 Å². The molecule has 1 aliphatic heterocycles. The minimum absolute atomic E-state index is 0.0295. The summed E-state index contributed by atoms with van der Waals surface area (Å²) in [6.45, 7) is 2.10. The Balaban J connectivity index is 1.72. The molecule has 10 heteroatoms. The van der Waals surface area contributed by atoms with E-state index in [0.29, 0.717) is 30.2 Å². The number of fused-ring (bicyclic) bond motifs is 1. The van der Waals surface area contributed by atoms with Gasteiger partial charge in [0.15, 0.2) is 5.82 Å². The van der Waals surface area contributed by atoms with Gasteiger partial charge in [-0.1, -0.05) is 17.7 Å². The molecule has 0 aliphatic carbocycles. The summed E-state index contributed by atoms with van der Waals surface area (Å²) >= 11 is 5.94. The van der Waals surface area contributed by atoms with Crippen LogP contribution in [0.4, 0.5) is 15.9 Å². The van der Waals surface area contributed by atoms with Gasteiger partial charge in [0.1, 0.15) is 24.1 Å². The Morgan fingerprint density at radius 2 is 2.18 bits per heavy atom. The van der Waals surface area contributed by atoms with E-state index in [1.54, 1.807) is 26.3 Å². The minimum atomic E-state index is -0.705. The molecule has 2 atom stereocenters. The lowest BCUT2D eigenvalue weighted by Gasteiger charge is -2.47. The normalized spacial score (nSPS) is 19.4. The second-order valence-corrected chi connectivity index (χ2v) is 8.97. The van der Waals surface area contributed by atoms with E-state index >= 15 is 0 Å². The van der Waals surface area contributed by atoms with Crippen LogP contribution in [0, 0.1) is 5.82 Å². The SMILES string of the molecule is CNC(O)C1(N(C)Cc2cc3c(Nc4cccc(Cl)c4F)ncnc3cc2OC)CCCNC1. The second kappa shape index (κ2) is 10.4. The van der Waals surface area contributed by atoms with Crippen molar-refractivity contribution in [1.82, 2.24) is 25.5 Å². The fourth-order valence-corrected chi connectivity index (χ4v) is 4.81. The van der Waals surface area contributed by atoms with E-state index in [1.165, 1.54) is 12.4 Å². The van der Waals surface area contributed by atoms with Gasteiger partial charge in [-0.05, 0) is 51.7 Å². The molecule has 3 aromatic rings. The van der Waals surface area contributed by atoms with Crippen molar-refractivity contribution in [2.24, 2.45) is 0 Å². The average Bonchev–Trinajstić information content (AvgIpc) is 2.86. The first kappa shape index (κ1) is 24.6. The Labute approximate surface area is 203 Å². The number of aliphatic hydroxyl groups is 1. The van der Waals surface area contributed by atoms with Gasteiger partial charge in [0, 0.05) is 30.1 Å². The van der Waals surface area contributed by atoms with Crippen LogP contribution in [0.15, 0.2) is 36.7 Å². The van der Waals surface area contributed by atoms with E-state index in [4.69, 9.17) is 16.3 Å². The number of anilines is 2. The Morgan fingerprint density at radius 3 is 2.88 bits per heavy atom. The van der Waals surface area contributed by atoms with Crippen LogP contribution in [0.5, 0.6) is 5.75 Å². The molecule has 0 bridgehead atoms. The number of rotatable bonds is 8. The van der Waals surface area contributed by atoms with Crippen LogP contribution in [0.2, 0.25) is 5.02 Å². The lowest BCUT2D eigenvalue weighted by molar-refractivity contribution is -0.0522. The summed E-state index contributed by atoms with van der Waals surface area (Å²) in [5, 5.41) is 21.1. The van der Waals surface area contributed by atoms with Crippen LogP contribution in [-0.4, -0.2) is 66.0 Å². The fourth-order valence-electron chi connectivity index (χ4n) is 4.63. The third-order valence-corrected chi connectivity index (χ3v) is 6.88. The second-order valence-electron chi connectivity index (χ2n) is 8.56. The Bertz CT molecular complexity index is 1160. The zero-order valence-corrected chi connectivity index (χ0v) is 20.3. The fraction of sp³-hybridized carbons (Fsp3) is 0.417. The summed E-state index contributed by atoms with van der Waals surface area (Å²) < 4.78 is 20.2. The summed E-state index contributed by atoms with van der Waals surface area (Å²) in [7, 11) is 5.38. The van der Waals surface area contributed by atoms with Crippen LogP contribution in [0.1, 0.15) is 18.4 Å². The Kier molecular flexibility index (Phi) is 7.49. The number of likely N-dealkylation sites (N-methyl/N-ethyl adjacent to an activating group) is 2. The van der Waals surface area contributed by atoms with E-state index in [1.807, 2.05) is 19.2 Å². The van der Waals surface area contributed by atoms with Crippen molar-refractivity contribution in [3.05, 3.63) is 53.1 Å². The number of hydrogen-bond donors (Lipinski definition) is 4. The minimum Gasteiger partial charge on any atom is -0.496 e. The standard InChI is InChI=1S/C24H30ClFN6O2/c1-27-23(33)24(8-5-9-28-13-24)32(2)12-15-10-16-19(11-20(15)34-3)29-14-30-22(16)31-18-7-4-6-17(25)21(18)26/h4,6-7,10-11,14,23,27-28,33H,5,8-9,12-13H2,1-3H3,(H,29,30,31). The molecule has 34 heavy (non-hydrogen) atoms. The summed E-state index contributed by atoms with van der Waals surface area (Å²) in [5.41, 5.74) is 1.31. The molecule has 2 aromatic carbocycles. The predicted molar refractivity (Wildman–Crippen MR) is 132 cm³/mol. The summed E-state index contributed by atoms with van der Waals surface area (Å²) in [6.07, 6.45) is 2.52. The largest absolute Gasteiger partial charge is 0.496 e. The van der Waals surface area contributed by atoms with Gasteiger partial charge < -0.3 is 20.5 Å². The van der Waals surface area contributed by atoms with Crippen LogP contribution >= 0.6 is 11.6 Å². The average molecular weight is 489 g/mol. The first-order valence-electron chi connectivity index (χ1n) is 11.2. The number of nitrogens with one attached hydrogen (secondary N) is 3. The molecular formula is C24H30ClFN6O2. The van der Waals surface area contributed by atoms with E-state index in [0.717, 1.165) is 30.3 Å². The lowest BCUT2D eigenvalue weighted by atomic mass is 9.86. The van der Waals surface area contributed by atoms with Crippen LogP contribution in [-0.2, 0) is 6.54 Å². The molecule has 2 heterocycles. The Hall–Kier alpha value is -2.56. The topological polar surface area (TPSA) is 94.6 Å². The highest BCUT2D eigenvalue weighted by molar-refractivity contribution is 6.31. The number of nitrogens with zero attached hydrogens (tertiary/aromatic N) is 3. The molecule has 1 saturated heterocycles. The molecule has 1 aliphatic rings.